The summed E-state index contributed by atoms with van der Waals surface area (Å²) in [6, 6.07) is 1.09. The van der Waals surface area contributed by atoms with Gasteiger partial charge in [0.25, 0.3) is 0 Å². The van der Waals surface area contributed by atoms with Crippen molar-refractivity contribution < 1.29 is 0 Å². The van der Waals surface area contributed by atoms with E-state index in [0.29, 0.717) is 12.1 Å². The molecular weight excluding hydrogens is 218 g/mol. The molecule has 16 heavy (non-hydrogen) atoms. The Bertz CT molecular complexity index is 348. The molecule has 2 unspecified atom stereocenters. The summed E-state index contributed by atoms with van der Waals surface area (Å²) in [6.07, 6.45) is 7.90. The molecule has 0 radical (unpaired) electrons. The van der Waals surface area contributed by atoms with Crippen molar-refractivity contribution in [3.63, 3.8) is 0 Å². The normalized spacial score (nSPS) is 21.8. The van der Waals surface area contributed by atoms with Crippen molar-refractivity contribution in [3.8, 4) is 0 Å². The van der Waals surface area contributed by atoms with Crippen LogP contribution >= 0.6 is 11.8 Å². The second kappa shape index (κ2) is 5.23. The fourth-order valence-corrected chi connectivity index (χ4v) is 3.12. The van der Waals surface area contributed by atoms with E-state index in [0.717, 1.165) is 0 Å². The summed E-state index contributed by atoms with van der Waals surface area (Å²) in [5, 5.41) is 8.09. The van der Waals surface area contributed by atoms with Crippen LogP contribution in [0.5, 0.6) is 0 Å². The monoisotopic (exact) mass is 239 g/mol. The maximum Gasteiger partial charge on any atom is 0.0540 e. The number of aryl methyl sites for hydroxylation is 1. The Hall–Kier alpha value is -0.480. The third-order valence-corrected chi connectivity index (χ3v) is 4.11. The summed E-state index contributed by atoms with van der Waals surface area (Å²) < 4.78 is 2.03. The largest absolute Gasteiger partial charge is 0.306 e. The van der Waals surface area contributed by atoms with E-state index in [1.807, 2.05) is 29.7 Å². The first-order chi connectivity index (χ1) is 7.72. The van der Waals surface area contributed by atoms with E-state index >= 15 is 0 Å². The van der Waals surface area contributed by atoms with Crippen LogP contribution in [0.4, 0.5) is 0 Å². The van der Waals surface area contributed by atoms with E-state index in [1.54, 1.807) is 0 Å². The number of fused-ring (bicyclic) bond motifs is 1. The molecule has 90 valence electrons. The van der Waals surface area contributed by atoms with Gasteiger partial charge in [-0.15, -0.1) is 0 Å². The SMILES string of the molecule is CSCC(C)NC1CCCc2c1cnn2C. The lowest BCUT2D eigenvalue weighted by atomic mass is 9.92. The number of hydrogen-bond donors (Lipinski definition) is 1. The van der Waals surface area contributed by atoms with Gasteiger partial charge >= 0.3 is 0 Å². The Kier molecular flexibility index (Phi) is 3.92. The number of nitrogens with one attached hydrogen (secondary N) is 1. The van der Waals surface area contributed by atoms with Crippen molar-refractivity contribution in [2.75, 3.05) is 12.0 Å². The molecule has 3 nitrogen and oxygen atoms in total. The van der Waals surface area contributed by atoms with Crippen LogP contribution in [-0.2, 0) is 13.5 Å². The van der Waals surface area contributed by atoms with Gasteiger partial charge in [-0.2, -0.15) is 16.9 Å². The minimum absolute atomic E-state index is 0.514. The summed E-state index contributed by atoms with van der Waals surface area (Å²) in [6.45, 7) is 2.27. The highest BCUT2D eigenvalue weighted by molar-refractivity contribution is 7.98. The van der Waals surface area contributed by atoms with Gasteiger partial charge in [-0.1, -0.05) is 0 Å². The molecule has 0 saturated heterocycles. The van der Waals surface area contributed by atoms with E-state index in [2.05, 4.69) is 23.6 Å². The Morgan fingerprint density at radius 2 is 2.50 bits per heavy atom. The quantitative estimate of drug-likeness (QED) is 0.873. The highest BCUT2D eigenvalue weighted by Crippen LogP contribution is 2.29. The molecule has 0 bridgehead atoms. The molecule has 1 aromatic heterocycles. The summed E-state index contributed by atoms with van der Waals surface area (Å²) in [4.78, 5) is 0. The van der Waals surface area contributed by atoms with E-state index < -0.39 is 0 Å². The van der Waals surface area contributed by atoms with E-state index in [9.17, 15) is 0 Å². The molecule has 1 aromatic rings. The predicted octanol–water partition coefficient (Wildman–Crippen LogP) is 2.14. The van der Waals surface area contributed by atoms with Crippen LogP contribution in [0.3, 0.4) is 0 Å². The molecule has 0 spiro atoms. The van der Waals surface area contributed by atoms with Crippen LogP contribution in [-0.4, -0.2) is 27.8 Å². The average molecular weight is 239 g/mol. The van der Waals surface area contributed by atoms with Crippen molar-refractivity contribution >= 4 is 11.8 Å². The number of hydrogen-bond acceptors (Lipinski definition) is 3. The van der Waals surface area contributed by atoms with Crippen molar-refractivity contribution in [3.05, 3.63) is 17.5 Å². The van der Waals surface area contributed by atoms with Crippen molar-refractivity contribution in [2.24, 2.45) is 7.05 Å². The highest BCUT2D eigenvalue weighted by atomic mass is 32.2. The van der Waals surface area contributed by atoms with Crippen molar-refractivity contribution in [2.45, 2.75) is 38.3 Å². The lowest BCUT2D eigenvalue weighted by Gasteiger charge is -2.27. The topological polar surface area (TPSA) is 29.9 Å². The Labute approximate surface area is 102 Å². The van der Waals surface area contributed by atoms with Crippen LogP contribution in [0, 0.1) is 0 Å². The molecule has 1 N–H and O–H groups in total. The summed E-state index contributed by atoms with van der Waals surface area (Å²) in [5.74, 6) is 1.17. The summed E-state index contributed by atoms with van der Waals surface area (Å²) >= 11 is 1.90. The maximum absolute atomic E-state index is 4.37. The predicted molar refractivity (Wildman–Crippen MR) is 69.9 cm³/mol. The lowest BCUT2D eigenvalue weighted by Crippen LogP contribution is -2.34. The Morgan fingerprint density at radius 3 is 3.25 bits per heavy atom. The second-order valence-corrected chi connectivity index (χ2v) is 5.55. The van der Waals surface area contributed by atoms with Gasteiger partial charge in [0.2, 0.25) is 0 Å². The minimum Gasteiger partial charge on any atom is -0.306 e. The van der Waals surface area contributed by atoms with Crippen LogP contribution in [0.15, 0.2) is 6.20 Å². The average Bonchev–Trinajstić information content (AvgIpc) is 2.62. The third kappa shape index (κ3) is 2.43. The molecular formula is C12H21N3S. The molecule has 2 rings (SSSR count). The molecule has 0 fully saturated rings. The zero-order chi connectivity index (χ0) is 11.5. The van der Waals surface area contributed by atoms with Crippen LogP contribution in [0.2, 0.25) is 0 Å². The molecule has 0 saturated carbocycles. The fraction of sp³-hybridized carbons (Fsp3) is 0.750. The summed E-state index contributed by atoms with van der Waals surface area (Å²) in [5.41, 5.74) is 2.84. The standard InChI is InChI=1S/C12H21N3S/c1-9(8-16-3)14-11-5-4-6-12-10(11)7-13-15(12)2/h7,9,11,14H,4-6,8H2,1-3H3. The highest BCUT2D eigenvalue weighted by Gasteiger charge is 2.23. The third-order valence-electron chi connectivity index (χ3n) is 3.28. The molecule has 1 aliphatic rings. The molecule has 2 atom stereocenters. The Balaban J connectivity index is 2.07. The number of thioether (sulfide) groups is 1. The fourth-order valence-electron chi connectivity index (χ4n) is 2.52. The van der Waals surface area contributed by atoms with Crippen LogP contribution < -0.4 is 5.32 Å². The molecule has 1 heterocycles. The van der Waals surface area contributed by atoms with E-state index in [-0.39, 0.29) is 0 Å². The molecule has 0 aromatic carbocycles. The Morgan fingerprint density at radius 1 is 1.69 bits per heavy atom. The number of rotatable bonds is 4. The number of nitrogens with zero attached hydrogens (tertiary/aromatic N) is 2. The second-order valence-electron chi connectivity index (χ2n) is 4.64. The maximum atomic E-state index is 4.37. The molecule has 1 aliphatic carbocycles. The zero-order valence-electron chi connectivity index (χ0n) is 10.4. The van der Waals surface area contributed by atoms with Gasteiger partial charge in [-0.05, 0) is 32.4 Å². The van der Waals surface area contributed by atoms with Gasteiger partial charge in [0.15, 0.2) is 0 Å². The van der Waals surface area contributed by atoms with Crippen LogP contribution in [0.1, 0.15) is 37.1 Å². The first-order valence-corrected chi connectivity index (χ1v) is 7.37. The van der Waals surface area contributed by atoms with Gasteiger partial charge in [0.1, 0.15) is 0 Å². The van der Waals surface area contributed by atoms with Crippen molar-refractivity contribution in [1.82, 2.24) is 15.1 Å². The molecule has 0 aliphatic heterocycles. The lowest BCUT2D eigenvalue weighted by molar-refractivity contribution is 0.421. The van der Waals surface area contributed by atoms with Gasteiger partial charge in [-0.3, -0.25) is 4.68 Å². The van der Waals surface area contributed by atoms with Gasteiger partial charge in [0.05, 0.1) is 6.20 Å². The van der Waals surface area contributed by atoms with Gasteiger partial charge in [0, 0.05) is 36.1 Å². The van der Waals surface area contributed by atoms with E-state index in [4.69, 9.17) is 0 Å². The van der Waals surface area contributed by atoms with Crippen LogP contribution in [0.25, 0.3) is 0 Å². The number of aromatic nitrogens is 2. The van der Waals surface area contributed by atoms with E-state index in [1.165, 1.54) is 36.3 Å². The molecule has 0 amide bonds. The van der Waals surface area contributed by atoms with Gasteiger partial charge < -0.3 is 5.32 Å². The first-order valence-electron chi connectivity index (χ1n) is 5.98. The summed E-state index contributed by atoms with van der Waals surface area (Å²) in [7, 11) is 2.05. The van der Waals surface area contributed by atoms with Gasteiger partial charge in [-0.25, -0.2) is 0 Å². The zero-order valence-corrected chi connectivity index (χ0v) is 11.2. The molecule has 4 heteroatoms. The minimum atomic E-state index is 0.514. The smallest absolute Gasteiger partial charge is 0.0540 e. The van der Waals surface area contributed by atoms with Crippen molar-refractivity contribution in [1.29, 1.82) is 0 Å². The first kappa shape index (κ1) is 12.0.